The number of hydrogen-bond donors (Lipinski definition) is 1. The van der Waals surface area contributed by atoms with E-state index in [0.717, 1.165) is 0 Å². The molecule has 0 spiro atoms. The molecule has 21 heavy (non-hydrogen) atoms. The van der Waals surface area contributed by atoms with Crippen molar-refractivity contribution in [3.05, 3.63) is 23.8 Å². The molecule has 7 heteroatoms. The molecule has 1 N–H and O–H groups in total. The molecular formula is C14H21NO5S. The molecule has 2 rings (SSSR count). The summed E-state index contributed by atoms with van der Waals surface area (Å²) in [5.74, 6) is 0.481. The minimum Gasteiger partial charge on any atom is -0.496 e. The van der Waals surface area contributed by atoms with Crippen LogP contribution in [-0.2, 0) is 21.4 Å². The first-order chi connectivity index (χ1) is 10.0. The summed E-state index contributed by atoms with van der Waals surface area (Å²) >= 11 is 0. The zero-order chi connectivity index (χ0) is 15.5. The van der Waals surface area contributed by atoms with Crippen molar-refractivity contribution in [2.45, 2.75) is 30.4 Å². The van der Waals surface area contributed by atoms with Gasteiger partial charge in [-0.1, -0.05) is 0 Å². The molecule has 0 radical (unpaired) electrons. The molecule has 1 aromatic rings. The van der Waals surface area contributed by atoms with Crippen LogP contribution in [0.5, 0.6) is 5.75 Å². The lowest BCUT2D eigenvalue weighted by atomic mass is 10.1. The third-order valence-electron chi connectivity index (χ3n) is 3.79. The van der Waals surface area contributed by atoms with E-state index in [0.29, 0.717) is 37.2 Å². The number of ether oxygens (including phenoxy) is 2. The third kappa shape index (κ3) is 3.37. The molecule has 0 aromatic heterocycles. The van der Waals surface area contributed by atoms with E-state index in [4.69, 9.17) is 9.47 Å². The number of benzene rings is 1. The van der Waals surface area contributed by atoms with E-state index in [1.807, 2.05) is 0 Å². The Kier molecular flexibility index (Phi) is 5.21. The van der Waals surface area contributed by atoms with Crippen LogP contribution in [0.1, 0.15) is 18.4 Å². The van der Waals surface area contributed by atoms with Gasteiger partial charge in [0.1, 0.15) is 5.75 Å². The normalized spacial score (nSPS) is 17.9. The van der Waals surface area contributed by atoms with Crippen LogP contribution in [0.15, 0.2) is 23.1 Å². The average Bonchev–Trinajstić information content (AvgIpc) is 2.54. The molecule has 0 atom stereocenters. The second kappa shape index (κ2) is 6.74. The number of piperidine rings is 1. The molecule has 0 unspecified atom stereocenters. The van der Waals surface area contributed by atoms with E-state index in [1.54, 1.807) is 13.2 Å². The molecule has 0 aliphatic carbocycles. The highest BCUT2D eigenvalue weighted by Gasteiger charge is 2.29. The predicted molar refractivity (Wildman–Crippen MR) is 77.7 cm³/mol. The molecule has 0 amide bonds. The summed E-state index contributed by atoms with van der Waals surface area (Å²) in [6, 6.07) is 4.55. The lowest BCUT2D eigenvalue weighted by molar-refractivity contribution is 0.0604. The molecule has 1 saturated heterocycles. The van der Waals surface area contributed by atoms with Crippen LogP contribution in [0.4, 0.5) is 0 Å². The minimum atomic E-state index is -3.54. The lowest BCUT2D eigenvalue weighted by Crippen LogP contribution is -2.40. The number of aliphatic hydroxyl groups is 1. The summed E-state index contributed by atoms with van der Waals surface area (Å²) in [5.41, 5.74) is 0.463. The summed E-state index contributed by atoms with van der Waals surface area (Å²) in [7, 11) is -0.411. The van der Waals surface area contributed by atoms with Gasteiger partial charge in [-0.3, -0.25) is 0 Å². The van der Waals surface area contributed by atoms with E-state index in [9.17, 15) is 13.5 Å². The molecule has 1 fully saturated rings. The average molecular weight is 315 g/mol. The highest BCUT2D eigenvalue weighted by Crippen LogP contribution is 2.26. The van der Waals surface area contributed by atoms with E-state index >= 15 is 0 Å². The number of sulfonamides is 1. The quantitative estimate of drug-likeness (QED) is 0.877. The predicted octanol–water partition coefficient (Wildman–Crippen LogP) is 0.987. The van der Waals surface area contributed by atoms with Crippen molar-refractivity contribution in [3.8, 4) is 5.75 Å². The number of nitrogens with zero attached hydrogens (tertiary/aromatic N) is 1. The minimum absolute atomic E-state index is 0.125. The van der Waals surface area contributed by atoms with Crippen LogP contribution < -0.4 is 4.74 Å². The molecule has 1 aliphatic rings. The maximum Gasteiger partial charge on any atom is 0.243 e. The fourth-order valence-corrected chi connectivity index (χ4v) is 4.02. The monoisotopic (exact) mass is 315 g/mol. The third-order valence-corrected chi connectivity index (χ3v) is 5.69. The maximum atomic E-state index is 12.6. The van der Waals surface area contributed by atoms with Crippen LogP contribution in [-0.4, -0.2) is 51.2 Å². The van der Waals surface area contributed by atoms with Crippen LogP contribution in [0.3, 0.4) is 0 Å². The largest absolute Gasteiger partial charge is 0.496 e. The fourth-order valence-electron chi connectivity index (χ4n) is 2.50. The smallest absolute Gasteiger partial charge is 0.243 e. The molecule has 6 nitrogen and oxygen atoms in total. The van der Waals surface area contributed by atoms with Crippen LogP contribution in [0.25, 0.3) is 0 Å². The van der Waals surface area contributed by atoms with Gasteiger partial charge in [0.25, 0.3) is 0 Å². The zero-order valence-corrected chi connectivity index (χ0v) is 13.1. The van der Waals surface area contributed by atoms with Gasteiger partial charge in [-0.25, -0.2) is 8.42 Å². The topological polar surface area (TPSA) is 76.1 Å². The molecule has 1 aromatic carbocycles. The Morgan fingerprint density at radius 2 is 1.95 bits per heavy atom. The maximum absolute atomic E-state index is 12.6. The van der Waals surface area contributed by atoms with Crippen molar-refractivity contribution in [2.24, 2.45) is 0 Å². The first kappa shape index (κ1) is 16.2. The van der Waals surface area contributed by atoms with Gasteiger partial charge >= 0.3 is 0 Å². The van der Waals surface area contributed by atoms with Crippen LogP contribution in [0.2, 0.25) is 0 Å². The Bertz CT molecular complexity index is 579. The summed E-state index contributed by atoms with van der Waals surface area (Å²) in [5, 5.41) is 9.31. The summed E-state index contributed by atoms with van der Waals surface area (Å²) in [6.07, 6.45) is 1.51. The van der Waals surface area contributed by atoms with Gasteiger partial charge in [0.2, 0.25) is 10.0 Å². The van der Waals surface area contributed by atoms with Crippen molar-refractivity contribution >= 4 is 10.0 Å². The van der Waals surface area contributed by atoms with Gasteiger partial charge in [0.15, 0.2) is 0 Å². The Morgan fingerprint density at radius 3 is 2.48 bits per heavy atom. The highest BCUT2D eigenvalue weighted by atomic mass is 32.2. The lowest BCUT2D eigenvalue weighted by Gasteiger charge is -2.30. The number of aliphatic hydroxyl groups excluding tert-OH is 1. The van der Waals surface area contributed by atoms with E-state index in [-0.39, 0.29) is 17.6 Å². The van der Waals surface area contributed by atoms with Gasteiger partial charge in [-0.05, 0) is 31.0 Å². The van der Waals surface area contributed by atoms with Gasteiger partial charge < -0.3 is 14.6 Å². The summed E-state index contributed by atoms with van der Waals surface area (Å²) < 4.78 is 37.0. The first-order valence-electron chi connectivity index (χ1n) is 6.83. The highest BCUT2D eigenvalue weighted by molar-refractivity contribution is 7.89. The molecule has 1 heterocycles. The number of rotatable bonds is 5. The van der Waals surface area contributed by atoms with Crippen LogP contribution >= 0.6 is 0 Å². The fraction of sp³-hybridized carbons (Fsp3) is 0.571. The van der Waals surface area contributed by atoms with Gasteiger partial charge in [0.05, 0.1) is 24.7 Å². The Balaban J connectivity index is 2.24. The number of hydrogen-bond acceptors (Lipinski definition) is 5. The molecular weight excluding hydrogens is 294 g/mol. The summed E-state index contributed by atoms with van der Waals surface area (Å²) in [6.45, 7) is 0.626. The molecule has 1 aliphatic heterocycles. The van der Waals surface area contributed by atoms with Crippen molar-refractivity contribution < 1.29 is 23.0 Å². The van der Waals surface area contributed by atoms with Crippen molar-refractivity contribution in [3.63, 3.8) is 0 Å². The SMILES string of the molecule is COc1ccc(S(=O)(=O)N2CCC(OC)CC2)cc1CO. The van der Waals surface area contributed by atoms with E-state index < -0.39 is 10.0 Å². The van der Waals surface area contributed by atoms with Crippen LogP contribution in [0, 0.1) is 0 Å². The first-order valence-corrected chi connectivity index (χ1v) is 8.27. The van der Waals surface area contributed by atoms with Gasteiger partial charge in [-0.2, -0.15) is 4.31 Å². The van der Waals surface area contributed by atoms with Crippen molar-refractivity contribution in [1.82, 2.24) is 4.31 Å². The Labute approximate surface area is 125 Å². The van der Waals surface area contributed by atoms with Crippen molar-refractivity contribution in [2.75, 3.05) is 27.3 Å². The van der Waals surface area contributed by atoms with Gasteiger partial charge in [-0.15, -0.1) is 0 Å². The Hall–Kier alpha value is -1.15. The zero-order valence-electron chi connectivity index (χ0n) is 12.3. The molecule has 0 saturated carbocycles. The molecule has 0 bridgehead atoms. The second-order valence-electron chi connectivity index (χ2n) is 4.97. The summed E-state index contributed by atoms with van der Waals surface area (Å²) in [4.78, 5) is 0.184. The Morgan fingerprint density at radius 1 is 1.29 bits per heavy atom. The molecule has 118 valence electrons. The number of methoxy groups -OCH3 is 2. The van der Waals surface area contributed by atoms with E-state index in [2.05, 4.69) is 0 Å². The second-order valence-corrected chi connectivity index (χ2v) is 6.91. The van der Waals surface area contributed by atoms with Crippen molar-refractivity contribution in [1.29, 1.82) is 0 Å². The van der Waals surface area contributed by atoms with Gasteiger partial charge in [0, 0.05) is 25.8 Å². The van der Waals surface area contributed by atoms with E-state index in [1.165, 1.54) is 23.5 Å². The standard InChI is InChI=1S/C14H21NO5S/c1-19-12-5-7-15(8-6-12)21(17,18)13-3-4-14(20-2)11(9-13)10-16/h3-4,9,12,16H,5-8,10H2,1-2H3.